The molecule has 5 heteroatoms. The van der Waals surface area contributed by atoms with Crippen molar-refractivity contribution in [2.75, 3.05) is 12.4 Å². The van der Waals surface area contributed by atoms with Crippen molar-refractivity contribution in [3.05, 3.63) is 47.5 Å². The third-order valence-electron chi connectivity index (χ3n) is 2.66. The molecule has 0 saturated heterocycles. The van der Waals surface area contributed by atoms with E-state index in [9.17, 15) is 8.78 Å². The van der Waals surface area contributed by atoms with E-state index in [1.807, 2.05) is 19.1 Å². The predicted molar refractivity (Wildman–Crippen MR) is 69.6 cm³/mol. The molecule has 2 aromatic rings. The quantitative estimate of drug-likeness (QED) is 0.913. The number of halogens is 2. The third-order valence-corrected chi connectivity index (χ3v) is 2.66. The maximum atomic E-state index is 13.6. The van der Waals surface area contributed by atoms with Gasteiger partial charge in [0.25, 0.3) is 5.88 Å². The minimum Gasteiger partial charge on any atom is -0.436 e. The average Bonchev–Trinajstić information content (AvgIpc) is 2.42. The minimum atomic E-state index is -0.835. The summed E-state index contributed by atoms with van der Waals surface area (Å²) in [6.07, 6.45) is 0.846. The van der Waals surface area contributed by atoms with Crippen LogP contribution in [-0.2, 0) is 6.42 Å². The normalized spacial score (nSPS) is 10.3. The predicted octanol–water partition coefficient (Wildman–Crippen LogP) is 3.76. The van der Waals surface area contributed by atoms with E-state index in [-0.39, 0.29) is 11.7 Å². The summed E-state index contributed by atoms with van der Waals surface area (Å²) in [7, 11) is 1.50. The molecule has 0 amide bonds. The van der Waals surface area contributed by atoms with Crippen molar-refractivity contribution in [2.24, 2.45) is 0 Å². The van der Waals surface area contributed by atoms with Gasteiger partial charge in [-0.05, 0) is 24.1 Å². The summed E-state index contributed by atoms with van der Waals surface area (Å²) in [5, 5.41) is 2.54. The van der Waals surface area contributed by atoms with Gasteiger partial charge in [0.2, 0.25) is 0 Å². The number of benzene rings is 1. The number of nitrogens with one attached hydrogen (secondary N) is 1. The van der Waals surface area contributed by atoms with E-state index in [1.54, 1.807) is 12.1 Å². The van der Waals surface area contributed by atoms with Crippen molar-refractivity contribution >= 4 is 5.82 Å². The second-order valence-electron chi connectivity index (χ2n) is 3.96. The average molecular weight is 264 g/mol. The van der Waals surface area contributed by atoms with E-state index in [4.69, 9.17) is 4.74 Å². The van der Waals surface area contributed by atoms with Gasteiger partial charge in [-0.15, -0.1) is 0 Å². The molecule has 1 aromatic heterocycles. The van der Waals surface area contributed by atoms with Crippen molar-refractivity contribution in [1.82, 2.24) is 4.98 Å². The van der Waals surface area contributed by atoms with Crippen LogP contribution in [-0.4, -0.2) is 12.0 Å². The van der Waals surface area contributed by atoms with E-state index in [2.05, 4.69) is 10.3 Å². The van der Waals surface area contributed by atoms with Crippen molar-refractivity contribution in [3.63, 3.8) is 0 Å². The molecule has 2 rings (SSSR count). The summed E-state index contributed by atoms with van der Waals surface area (Å²) in [5.41, 5.74) is 1.06. The fourth-order valence-electron chi connectivity index (χ4n) is 1.64. The number of aromatic nitrogens is 1. The molecule has 3 nitrogen and oxygen atoms in total. The Morgan fingerprint density at radius 2 is 2.00 bits per heavy atom. The van der Waals surface area contributed by atoms with Crippen LogP contribution in [0.5, 0.6) is 11.6 Å². The monoisotopic (exact) mass is 264 g/mol. The molecular weight excluding hydrogens is 250 g/mol. The number of anilines is 1. The lowest BCUT2D eigenvalue weighted by atomic mass is 10.2. The lowest BCUT2D eigenvalue weighted by Gasteiger charge is -2.09. The Bertz CT molecular complexity index is 588. The summed E-state index contributed by atoms with van der Waals surface area (Å²) in [6.45, 7) is 2.01. The Labute approximate surface area is 110 Å². The molecule has 0 fully saturated rings. The number of aryl methyl sites for hydroxylation is 1. The summed E-state index contributed by atoms with van der Waals surface area (Å²) in [5.74, 6) is -1.42. The molecule has 100 valence electrons. The highest BCUT2D eigenvalue weighted by Crippen LogP contribution is 2.26. The zero-order chi connectivity index (χ0) is 13.8. The van der Waals surface area contributed by atoms with Gasteiger partial charge in [0.05, 0.1) is 0 Å². The highest BCUT2D eigenvalue weighted by molar-refractivity contribution is 5.40. The number of hydrogen-bond donors (Lipinski definition) is 1. The first-order valence-corrected chi connectivity index (χ1v) is 5.94. The van der Waals surface area contributed by atoms with Crippen LogP contribution in [0.3, 0.4) is 0 Å². The number of nitrogens with zero attached hydrogens (tertiary/aromatic N) is 1. The minimum absolute atomic E-state index is 0.0527. The van der Waals surface area contributed by atoms with Gasteiger partial charge in [-0.2, -0.15) is 4.98 Å². The molecule has 0 saturated carbocycles. The van der Waals surface area contributed by atoms with E-state index >= 15 is 0 Å². The van der Waals surface area contributed by atoms with Crippen molar-refractivity contribution in [1.29, 1.82) is 0 Å². The first kappa shape index (κ1) is 13.3. The van der Waals surface area contributed by atoms with Gasteiger partial charge in [0, 0.05) is 13.1 Å². The van der Waals surface area contributed by atoms with Gasteiger partial charge in [-0.3, -0.25) is 0 Å². The fourth-order valence-corrected chi connectivity index (χ4v) is 1.64. The van der Waals surface area contributed by atoms with Crippen LogP contribution in [0.4, 0.5) is 14.6 Å². The van der Waals surface area contributed by atoms with Gasteiger partial charge in [0.1, 0.15) is 5.75 Å². The van der Waals surface area contributed by atoms with Crippen LogP contribution in [0.1, 0.15) is 12.5 Å². The van der Waals surface area contributed by atoms with Crippen LogP contribution in [0.25, 0.3) is 0 Å². The Hall–Kier alpha value is -2.17. The number of hydrogen-bond acceptors (Lipinski definition) is 3. The van der Waals surface area contributed by atoms with E-state index in [1.165, 1.54) is 7.05 Å². The van der Waals surface area contributed by atoms with Crippen LogP contribution in [0.2, 0.25) is 0 Å². The molecule has 0 bridgehead atoms. The van der Waals surface area contributed by atoms with Gasteiger partial charge >= 0.3 is 0 Å². The zero-order valence-electron chi connectivity index (χ0n) is 10.7. The highest BCUT2D eigenvalue weighted by atomic mass is 19.1. The Balaban J connectivity index is 2.32. The molecule has 0 aliphatic heterocycles. The SMILES string of the molecule is CCc1cccc(Oc2nc(NC)c(F)cc2F)c1. The maximum absolute atomic E-state index is 13.6. The summed E-state index contributed by atoms with van der Waals surface area (Å²) >= 11 is 0. The van der Waals surface area contributed by atoms with E-state index in [0.717, 1.165) is 18.1 Å². The van der Waals surface area contributed by atoms with Crippen LogP contribution < -0.4 is 10.1 Å². The topological polar surface area (TPSA) is 34.1 Å². The molecule has 0 aliphatic carbocycles. The van der Waals surface area contributed by atoms with E-state index < -0.39 is 11.6 Å². The van der Waals surface area contributed by atoms with E-state index in [0.29, 0.717) is 5.75 Å². The molecule has 0 spiro atoms. The van der Waals surface area contributed by atoms with Gasteiger partial charge in [-0.25, -0.2) is 8.78 Å². The van der Waals surface area contributed by atoms with Crippen molar-refractivity contribution < 1.29 is 13.5 Å². The number of rotatable bonds is 4. The summed E-state index contributed by atoms with van der Waals surface area (Å²) < 4.78 is 32.2. The zero-order valence-corrected chi connectivity index (χ0v) is 10.7. The molecule has 0 radical (unpaired) electrons. The molecule has 1 N–H and O–H groups in total. The Morgan fingerprint density at radius 3 is 2.68 bits per heavy atom. The molecular formula is C14H14F2N2O. The molecule has 1 heterocycles. The second kappa shape index (κ2) is 5.65. The van der Waals surface area contributed by atoms with Crippen molar-refractivity contribution in [3.8, 4) is 11.6 Å². The maximum Gasteiger partial charge on any atom is 0.258 e. The molecule has 19 heavy (non-hydrogen) atoms. The first-order valence-electron chi connectivity index (χ1n) is 5.94. The van der Waals surface area contributed by atoms with Gasteiger partial charge in [0.15, 0.2) is 17.5 Å². The Morgan fingerprint density at radius 1 is 1.21 bits per heavy atom. The third kappa shape index (κ3) is 2.99. The first-order chi connectivity index (χ1) is 9.13. The molecule has 0 unspecified atom stereocenters. The number of ether oxygens (including phenoxy) is 1. The lowest BCUT2D eigenvalue weighted by Crippen LogP contribution is -2.01. The molecule has 1 aromatic carbocycles. The van der Waals surface area contributed by atoms with Crippen LogP contribution >= 0.6 is 0 Å². The van der Waals surface area contributed by atoms with Crippen LogP contribution in [0.15, 0.2) is 30.3 Å². The fraction of sp³-hybridized carbons (Fsp3) is 0.214. The van der Waals surface area contributed by atoms with Crippen molar-refractivity contribution in [2.45, 2.75) is 13.3 Å². The van der Waals surface area contributed by atoms with Gasteiger partial charge in [-0.1, -0.05) is 19.1 Å². The largest absolute Gasteiger partial charge is 0.436 e. The summed E-state index contributed by atoms with van der Waals surface area (Å²) in [4.78, 5) is 3.76. The standard InChI is InChI=1S/C14H14F2N2O/c1-3-9-5-4-6-10(7-9)19-14-12(16)8-11(15)13(17-2)18-14/h4-8H,3H2,1-2H3,(H,17,18). The number of pyridine rings is 1. The molecule has 0 atom stereocenters. The smallest absolute Gasteiger partial charge is 0.258 e. The highest BCUT2D eigenvalue weighted by Gasteiger charge is 2.13. The second-order valence-corrected chi connectivity index (χ2v) is 3.96. The Kier molecular flexibility index (Phi) is 3.94. The summed E-state index contributed by atoms with van der Waals surface area (Å²) in [6, 6.07) is 8.00. The van der Waals surface area contributed by atoms with Gasteiger partial charge < -0.3 is 10.1 Å². The molecule has 0 aliphatic rings. The van der Waals surface area contributed by atoms with Crippen LogP contribution in [0, 0.1) is 11.6 Å². The lowest BCUT2D eigenvalue weighted by molar-refractivity contribution is 0.418.